The van der Waals surface area contributed by atoms with E-state index in [1.165, 1.54) is 17.5 Å². The fraction of sp³-hybridized carbons (Fsp3) is 0.450. The van der Waals surface area contributed by atoms with Gasteiger partial charge in [-0.25, -0.2) is 0 Å². The fourth-order valence-electron chi connectivity index (χ4n) is 4.06. The van der Waals surface area contributed by atoms with Gasteiger partial charge >= 0.3 is 0 Å². The first kappa shape index (κ1) is 16.5. The van der Waals surface area contributed by atoms with Crippen molar-refractivity contribution >= 4 is 17.5 Å². The molecule has 2 unspecified atom stereocenters. The Morgan fingerprint density at radius 3 is 2.76 bits per heavy atom. The van der Waals surface area contributed by atoms with Gasteiger partial charge in [0.05, 0.1) is 5.69 Å². The number of aryl methyl sites for hydroxylation is 2. The number of carbonyl (C=O) groups is 1. The van der Waals surface area contributed by atoms with Crippen molar-refractivity contribution in [3.63, 3.8) is 0 Å². The maximum Gasteiger partial charge on any atom is 0.222 e. The van der Waals surface area contributed by atoms with Gasteiger partial charge in [0.1, 0.15) is 0 Å². The summed E-state index contributed by atoms with van der Waals surface area (Å²) >= 11 is 5.74. The number of rotatable bonds is 5. The predicted molar refractivity (Wildman–Crippen MR) is 97.5 cm³/mol. The van der Waals surface area contributed by atoms with Crippen LogP contribution in [0.3, 0.4) is 0 Å². The third-order valence-electron chi connectivity index (χ3n) is 5.64. The third-order valence-corrected chi connectivity index (χ3v) is 5.84. The average molecular weight is 356 g/mol. The van der Waals surface area contributed by atoms with E-state index in [1.807, 2.05) is 6.07 Å². The summed E-state index contributed by atoms with van der Waals surface area (Å²) in [7, 11) is 0. The molecule has 1 amide bonds. The van der Waals surface area contributed by atoms with Gasteiger partial charge in [-0.15, -0.1) is 5.10 Å². The number of carbonyl (C=O) groups excluding carboxylic acids is 1. The van der Waals surface area contributed by atoms with Crippen molar-refractivity contribution in [3.8, 4) is 0 Å². The standard InChI is InChI=1S/C20H22ClN3O/c1-14-5-7-15(8-6-14)20-11-16(20)12-24(13-20)19(25)4-2-3-17-9-10-18(21)23-22-17/h5-10,16H,2-4,11-13H2,1H3. The highest BCUT2D eigenvalue weighted by Crippen LogP contribution is 2.59. The van der Waals surface area contributed by atoms with Gasteiger partial charge in [0.25, 0.3) is 0 Å². The largest absolute Gasteiger partial charge is 0.341 e. The molecule has 2 fully saturated rings. The van der Waals surface area contributed by atoms with E-state index < -0.39 is 0 Å². The number of piperidine rings is 1. The Kier molecular flexibility index (Phi) is 4.24. The van der Waals surface area contributed by atoms with Crippen LogP contribution in [0.2, 0.25) is 5.15 Å². The van der Waals surface area contributed by atoms with Crippen molar-refractivity contribution in [2.75, 3.05) is 13.1 Å². The molecule has 4 rings (SSSR count). The lowest BCUT2D eigenvalue weighted by molar-refractivity contribution is -0.130. The molecule has 0 bridgehead atoms. The Bertz CT molecular complexity index is 775. The maximum atomic E-state index is 12.6. The van der Waals surface area contributed by atoms with Crippen molar-refractivity contribution < 1.29 is 4.79 Å². The first-order chi connectivity index (χ1) is 12.1. The molecule has 2 aromatic rings. The molecule has 0 spiro atoms. The van der Waals surface area contributed by atoms with Crippen molar-refractivity contribution in [1.82, 2.24) is 15.1 Å². The first-order valence-electron chi connectivity index (χ1n) is 8.90. The Hall–Kier alpha value is -1.94. The minimum Gasteiger partial charge on any atom is -0.341 e. The molecule has 2 atom stereocenters. The number of nitrogens with zero attached hydrogens (tertiary/aromatic N) is 3. The number of likely N-dealkylation sites (tertiary alicyclic amines) is 1. The molecule has 1 saturated carbocycles. The molecule has 1 aromatic carbocycles. The number of aromatic nitrogens is 2. The summed E-state index contributed by atoms with van der Waals surface area (Å²) in [4.78, 5) is 14.6. The van der Waals surface area contributed by atoms with Gasteiger partial charge in [-0.05, 0) is 49.8 Å². The van der Waals surface area contributed by atoms with Crippen molar-refractivity contribution in [3.05, 3.63) is 58.4 Å². The van der Waals surface area contributed by atoms with Gasteiger partial charge in [0.2, 0.25) is 5.91 Å². The van der Waals surface area contributed by atoms with Crippen LogP contribution in [0.25, 0.3) is 0 Å². The van der Waals surface area contributed by atoms with Crippen LogP contribution >= 0.6 is 11.6 Å². The topological polar surface area (TPSA) is 46.1 Å². The second-order valence-electron chi connectivity index (χ2n) is 7.40. The van der Waals surface area contributed by atoms with Gasteiger partial charge in [-0.1, -0.05) is 41.4 Å². The molecular weight excluding hydrogens is 334 g/mol. The molecule has 2 heterocycles. The molecule has 1 saturated heterocycles. The molecule has 1 aliphatic heterocycles. The summed E-state index contributed by atoms with van der Waals surface area (Å²) in [5.74, 6) is 0.905. The van der Waals surface area contributed by atoms with E-state index in [2.05, 4.69) is 46.3 Å². The molecule has 4 nitrogen and oxygen atoms in total. The van der Waals surface area contributed by atoms with Crippen LogP contribution in [0.5, 0.6) is 0 Å². The predicted octanol–water partition coefficient (Wildman–Crippen LogP) is 3.56. The normalized spacial score (nSPS) is 24.2. The van der Waals surface area contributed by atoms with Crippen molar-refractivity contribution in [1.29, 1.82) is 0 Å². The zero-order chi connectivity index (χ0) is 17.4. The summed E-state index contributed by atoms with van der Waals surface area (Å²) in [6, 6.07) is 12.4. The Morgan fingerprint density at radius 1 is 1.24 bits per heavy atom. The summed E-state index contributed by atoms with van der Waals surface area (Å²) in [5.41, 5.74) is 3.80. The highest BCUT2D eigenvalue weighted by Gasteiger charge is 2.61. The van der Waals surface area contributed by atoms with E-state index in [-0.39, 0.29) is 11.3 Å². The van der Waals surface area contributed by atoms with Crippen LogP contribution in [0.15, 0.2) is 36.4 Å². The maximum absolute atomic E-state index is 12.6. The minimum absolute atomic E-state index is 0.227. The Morgan fingerprint density at radius 2 is 2.04 bits per heavy atom. The molecule has 130 valence electrons. The third kappa shape index (κ3) is 3.28. The molecule has 0 N–H and O–H groups in total. The van der Waals surface area contributed by atoms with Crippen LogP contribution in [-0.4, -0.2) is 34.1 Å². The van der Waals surface area contributed by atoms with Gasteiger partial charge in [-0.3, -0.25) is 4.79 Å². The van der Waals surface area contributed by atoms with Crippen molar-refractivity contribution in [2.45, 2.75) is 38.0 Å². The molecule has 0 radical (unpaired) electrons. The molecular formula is C20H22ClN3O. The van der Waals surface area contributed by atoms with Crippen LogP contribution in [-0.2, 0) is 16.6 Å². The second kappa shape index (κ2) is 6.41. The summed E-state index contributed by atoms with van der Waals surface area (Å²) < 4.78 is 0. The minimum atomic E-state index is 0.227. The lowest BCUT2D eigenvalue weighted by Crippen LogP contribution is -2.32. The fourth-order valence-corrected chi connectivity index (χ4v) is 4.16. The van der Waals surface area contributed by atoms with Gasteiger partial charge in [-0.2, -0.15) is 5.10 Å². The number of halogens is 1. The molecule has 2 aliphatic rings. The quantitative estimate of drug-likeness (QED) is 0.823. The zero-order valence-electron chi connectivity index (χ0n) is 14.4. The lowest BCUT2D eigenvalue weighted by atomic mass is 9.94. The van der Waals surface area contributed by atoms with E-state index in [9.17, 15) is 4.79 Å². The smallest absolute Gasteiger partial charge is 0.222 e. The number of amides is 1. The highest BCUT2D eigenvalue weighted by molar-refractivity contribution is 6.29. The van der Waals surface area contributed by atoms with Crippen molar-refractivity contribution in [2.24, 2.45) is 5.92 Å². The molecule has 25 heavy (non-hydrogen) atoms. The number of hydrogen-bond acceptors (Lipinski definition) is 3. The van der Waals surface area contributed by atoms with Crippen LogP contribution in [0.1, 0.15) is 36.1 Å². The number of fused-ring (bicyclic) bond motifs is 1. The van der Waals surface area contributed by atoms with Crippen LogP contribution in [0.4, 0.5) is 0 Å². The first-order valence-corrected chi connectivity index (χ1v) is 9.28. The Labute approximate surface area is 153 Å². The average Bonchev–Trinajstić information content (AvgIpc) is 3.18. The summed E-state index contributed by atoms with van der Waals surface area (Å²) in [5, 5.41) is 8.28. The van der Waals surface area contributed by atoms with E-state index in [0.29, 0.717) is 17.5 Å². The molecule has 1 aromatic heterocycles. The molecule has 5 heteroatoms. The van der Waals surface area contributed by atoms with Gasteiger partial charge < -0.3 is 4.90 Å². The van der Waals surface area contributed by atoms with Gasteiger partial charge in [0, 0.05) is 24.9 Å². The monoisotopic (exact) mass is 355 g/mol. The van der Waals surface area contributed by atoms with E-state index in [0.717, 1.165) is 31.6 Å². The lowest BCUT2D eigenvalue weighted by Gasteiger charge is -2.21. The zero-order valence-corrected chi connectivity index (χ0v) is 15.2. The highest BCUT2D eigenvalue weighted by atomic mass is 35.5. The molecule has 1 aliphatic carbocycles. The second-order valence-corrected chi connectivity index (χ2v) is 7.79. The van der Waals surface area contributed by atoms with Crippen LogP contribution in [0, 0.1) is 12.8 Å². The van der Waals surface area contributed by atoms with E-state index in [1.54, 1.807) is 6.07 Å². The SMILES string of the molecule is Cc1ccc(C23CC2CN(C(=O)CCCc2ccc(Cl)nn2)C3)cc1. The number of benzene rings is 1. The Balaban J connectivity index is 1.31. The summed E-state index contributed by atoms with van der Waals surface area (Å²) in [6.07, 6.45) is 3.35. The van der Waals surface area contributed by atoms with Gasteiger partial charge in [0.15, 0.2) is 5.15 Å². The van der Waals surface area contributed by atoms with E-state index in [4.69, 9.17) is 11.6 Å². The summed E-state index contributed by atoms with van der Waals surface area (Å²) in [6.45, 7) is 3.90. The van der Waals surface area contributed by atoms with E-state index >= 15 is 0 Å². The van der Waals surface area contributed by atoms with Crippen LogP contribution < -0.4 is 0 Å². The number of hydrogen-bond donors (Lipinski definition) is 0.